The molecule has 4 amide bonds. The molecule has 0 radical (unpaired) electrons. The third-order valence-corrected chi connectivity index (χ3v) is 6.09. The molecule has 0 spiro atoms. The molecule has 0 unspecified atom stereocenters. The first kappa shape index (κ1) is 29.9. The summed E-state index contributed by atoms with van der Waals surface area (Å²) in [5.74, 6) is -2.41. The van der Waals surface area contributed by atoms with Gasteiger partial charge in [-0.2, -0.15) is 0 Å². The Morgan fingerprint density at radius 1 is 1.06 bits per heavy atom. The molecule has 1 rings (SSSR count). The number of nitrogens with two attached hydrogens (primary N) is 2. The summed E-state index contributed by atoms with van der Waals surface area (Å²) in [4.78, 5) is 68.1. The van der Waals surface area contributed by atoms with Gasteiger partial charge >= 0.3 is 0 Å². The third-order valence-electron chi connectivity index (χ3n) is 6.09. The number of amides is 4. The fourth-order valence-electron chi connectivity index (χ4n) is 3.60. The van der Waals surface area contributed by atoms with Crippen LogP contribution in [0.25, 0.3) is 0 Å². The molecule has 198 valence electrons. The smallest absolute Gasteiger partial charge is 0.243 e. The highest BCUT2D eigenvalue weighted by molar-refractivity contribution is 5.96. The lowest BCUT2D eigenvalue weighted by Gasteiger charge is -2.32. The Labute approximate surface area is 206 Å². The van der Waals surface area contributed by atoms with Gasteiger partial charge in [0.05, 0.1) is 5.41 Å². The molecule has 0 aromatic rings. The molecule has 0 saturated carbocycles. The van der Waals surface area contributed by atoms with Crippen LogP contribution in [0.3, 0.4) is 0 Å². The van der Waals surface area contributed by atoms with Crippen LogP contribution in [0, 0.1) is 11.3 Å². The van der Waals surface area contributed by atoms with Gasteiger partial charge in [-0.1, -0.05) is 27.7 Å². The van der Waals surface area contributed by atoms with Crippen LogP contribution < -0.4 is 32.7 Å². The molecular weight excluding hydrogens is 454 g/mol. The maximum atomic E-state index is 13.4. The van der Waals surface area contributed by atoms with Crippen molar-refractivity contribution in [1.82, 2.24) is 21.3 Å². The standard InChI is InChI=1S/C23H41N7O5/c1-6-15-19(33)28-14(4)18(32)26-11-9-23(5,12-17(31)13(2)3)21(35)30-16(20(34)29-15)8-7-10-27-22(24)25/h13-16H,6-12H2,1-5H3,(H,26,32)(H,28,33)(H,29,34)(H,30,35)(H4,24,25,27)/t14-,15+,16+,23+/m1/s1. The van der Waals surface area contributed by atoms with Crippen molar-refractivity contribution in [2.24, 2.45) is 27.8 Å². The van der Waals surface area contributed by atoms with E-state index in [9.17, 15) is 24.0 Å². The summed E-state index contributed by atoms with van der Waals surface area (Å²) in [5.41, 5.74) is 9.55. The normalized spacial score (nSPS) is 26.6. The summed E-state index contributed by atoms with van der Waals surface area (Å²) in [5, 5.41) is 10.8. The van der Waals surface area contributed by atoms with Crippen LogP contribution in [-0.2, 0) is 24.0 Å². The predicted octanol–water partition coefficient (Wildman–Crippen LogP) is -0.934. The van der Waals surface area contributed by atoms with Crippen LogP contribution in [0.2, 0.25) is 0 Å². The van der Waals surface area contributed by atoms with Crippen molar-refractivity contribution >= 4 is 35.4 Å². The SMILES string of the molecule is CC[C@@H]1NC(=O)[C@H](CCCN=C(N)N)NC(=O)[C@](C)(CC(=O)C(C)C)CCNC(=O)[C@@H](C)NC1=O. The number of hydrogen-bond donors (Lipinski definition) is 6. The largest absolute Gasteiger partial charge is 0.370 e. The van der Waals surface area contributed by atoms with E-state index in [1.54, 1.807) is 27.7 Å². The lowest BCUT2D eigenvalue weighted by molar-refractivity contribution is -0.139. The number of carbonyl (C=O) groups excluding carboxylic acids is 5. The molecule has 1 aliphatic rings. The summed E-state index contributed by atoms with van der Waals surface area (Å²) >= 11 is 0. The van der Waals surface area contributed by atoms with Gasteiger partial charge in [-0.3, -0.25) is 29.0 Å². The van der Waals surface area contributed by atoms with Gasteiger partial charge in [0.15, 0.2) is 5.96 Å². The van der Waals surface area contributed by atoms with Crippen LogP contribution >= 0.6 is 0 Å². The van der Waals surface area contributed by atoms with Crippen LogP contribution in [0.4, 0.5) is 0 Å². The number of hydrogen-bond acceptors (Lipinski definition) is 6. The molecule has 0 aromatic carbocycles. The number of Topliss-reactive ketones (excluding diaryl/α,β-unsaturated/α-hetero) is 1. The van der Waals surface area contributed by atoms with Crippen molar-refractivity contribution in [2.45, 2.75) is 84.8 Å². The molecule has 35 heavy (non-hydrogen) atoms. The third kappa shape index (κ3) is 9.53. The Kier molecular flexibility index (Phi) is 11.6. The van der Waals surface area contributed by atoms with Gasteiger partial charge in [0.1, 0.15) is 23.9 Å². The molecule has 1 aliphatic heterocycles. The topological polar surface area (TPSA) is 198 Å². The van der Waals surface area contributed by atoms with Crippen molar-refractivity contribution in [1.29, 1.82) is 0 Å². The molecular formula is C23H41N7O5. The fraction of sp³-hybridized carbons (Fsp3) is 0.739. The number of aliphatic imine (C=N–C) groups is 1. The van der Waals surface area contributed by atoms with Gasteiger partial charge in [-0.25, -0.2) is 0 Å². The van der Waals surface area contributed by atoms with Crippen LogP contribution in [0.15, 0.2) is 4.99 Å². The van der Waals surface area contributed by atoms with Crippen molar-refractivity contribution in [3.8, 4) is 0 Å². The minimum atomic E-state index is -1.16. The zero-order valence-corrected chi connectivity index (χ0v) is 21.4. The molecule has 8 N–H and O–H groups in total. The van der Waals surface area contributed by atoms with Gasteiger partial charge in [0.2, 0.25) is 23.6 Å². The molecule has 0 aromatic heterocycles. The van der Waals surface area contributed by atoms with Crippen molar-refractivity contribution in [2.75, 3.05) is 13.1 Å². The van der Waals surface area contributed by atoms with E-state index in [4.69, 9.17) is 11.5 Å². The summed E-state index contributed by atoms with van der Waals surface area (Å²) in [6.45, 7) is 8.79. The molecule has 4 atom stereocenters. The quantitative estimate of drug-likeness (QED) is 0.142. The molecule has 0 aliphatic carbocycles. The van der Waals surface area contributed by atoms with E-state index < -0.39 is 47.2 Å². The Balaban J connectivity index is 3.28. The van der Waals surface area contributed by atoms with Gasteiger partial charge in [0.25, 0.3) is 0 Å². The minimum absolute atomic E-state index is 0.0431. The Bertz CT molecular complexity index is 825. The first-order valence-electron chi connectivity index (χ1n) is 12.1. The first-order valence-corrected chi connectivity index (χ1v) is 12.1. The fourth-order valence-corrected chi connectivity index (χ4v) is 3.60. The highest BCUT2D eigenvalue weighted by atomic mass is 16.2. The van der Waals surface area contributed by atoms with E-state index in [2.05, 4.69) is 26.3 Å². The second-order valence-electron chi connectivity index (χ2n) is 9.57. The first-order chi connectivity index (χ1) is 16.3. The summed E-state index contributed by atoms with van der Waals surface area (Å²) in [7, 11) is 0. The summed E-state index contributed by atoms with van der Waals surface area (Å²) in [6, 6.07) is -2.71. The Morgan fingerprint density at radius 2 is 1.69 bits per heavy atom. The maximum absolute atomic E-state index is 13.4. The monoisotopic (exact) mass is 495 g/mol. The van der Waals surface area contributed by atoms with E-state index in [0.29, 0.717) is 6.42 Å². The van der Waals surface area contributed by atoms with Gasteiger partial charge in [-0.05, 0) is 32.6 Å². The number of nitrogens with one attached hydrogen (secondary N) is 4. The molecule has 12 heteroatoms. The van der Waals surface area contributed by atoms with Crippen molar-refractivity contribution in [3.05, 3.63) is 0 Å². The van der Waals surface area contributed by atoms with E-state index in [-0.39, 0.29) is 56.4 Å². The zero-order valence-electron chi connectivity index (χ0n) is 21.4. The molecule has 1 heterocycles. The average Bonchev–Trinajstić information content (AvgIpc) is 2.77. The van der Waals surface area contributed by atoms with E-state index in [0.717, 1.165) is 0 Å². The molecule has 1 saturated heterocycles. The lowest BCUT2D eigenvalue weighted by atomic mass is 9.78. The summed E-state index contributed by atoms with van der Waals surface area (Å²) in [6.07, 6.45) is 1.02. The van der Waals surface area contributed by atoms with E-state index in [1.165, 1.54) is 6.92 Å². The van der Waals surface area contributed by atoms with E-state index >= 15 is 0 Å². The Hall–Kier alpha value is -3.18. The maximum Gasteiger partial charge on any atom is 0.243 e. The van der Waals surface area contributed by atoms with Gasteiger partial charge in [0, 0.05) is 25.4 Å². The van der Waals surface area contributed by atoms with Crippen LogP contribution in [-0.4, -0.2) is 66.6 Å². The van der Waals surface area contributed by atoms with Gasteiger partial charge < -0.3 is 32.7 Å². The van der Waals surface area contributed by atoms with Crippen molar-refractivity contribution < 1.29 is 24.0 Å². The minimum Gasteiger partial charge on any atom is -0.370 e. The second-order valence-corrected chi connectivity index (χ2v) is 9.57. The lowest BCUT2D eigenvalue weighted by Crippen LogP contribution is -2.58. The number of nitrogens with zero attached hydrogens (tertiary/aromatic N) is 1. The van der Waals surface area contributed by atoms with E-state index in [1.807, 2.05) is 0 Å². The zero-order chi connectivity index (χ0) is 26.8. The number of guanidine groups is 1. The highest BCUT2D eigenvalue weighted by Gasteiger charge is 2.38. The van der Waals surface area contributed by atoms with Gasteiger partial charge in [-0.15, -0.1) is 0 Å². The number of ketones is 1. The van der Waals surface area contributed by atoms with Crippen LogP contribution in [0.5, 0.6) is 0 Å². The molecule has 0 bridgehead atoms. The molecule has 12 nitrogen and oxygen atoms in total. The van der Waals surface area contributed by atoms with Crippen molar-refractivity contribution in [3.63, 3.8) is 0 Å². The average molecular weight is 496 g/mol. The van der Waals surface area contributed by atoms with Crippen LogP contribution in [0.1, 0.15) is 66.7 Å². The highest BCUT2D eigenvalue weighted by Crippen LogP contribution is 2.28. The Morgan fingerprint density at radius 3 is 2.26 bits per heavy atom. The number of rotatable bonds is 8. The predicted molar refractivity (Wildman–Crippen MR) is 132 cm³/mol. The summed E-state index contributed by atoms with van der Waals surface area (Å²) < 4.78 is 0. The number of carbonyl (C=O) groups is 5. The second kappa shape index (κ2) is 13.6. The molecule has 1 fully saturated rings.